The summed E-state index contributed by atoms with van der Waals surface area (Å²) in [7, 11) is 0. The van der Waals surface area contributed by atoms with Gasteiger partial charge >= 0.3 is 6.00 Å². The smallest absolute Gasteiger partial charge is 0.296 e. The molecule has 1 nitrogen and oxygen atoms in total. The highest BCUT2D eigenvalue weighted by atomic mass is 35.8. The first kappa shape index (κ1) is 8.50. The van der Waals surface area contributed by atoms with Crippen LogP contribution in [0, 0.1) is 0 Å². The molecule has 0 aromatic carbocycles. The second-order valence-electron chi connectivity index (χ2n) is 1.07. The SMILES string of the molecule is C=CC(=O)[Si](Cl)(Cl)Cl. The topological polar surface area (TPSA) is 17.1 Å². The lowest BCUT2D eigenvalue weighted by Crippen LogP contribution is -2.22. The van der Waals surface area contributed by atoms with Gasteiger partial charge in [-0.1, -0.05) is 6.58 Å². The fourth-order valence-corrected chi connectivity index (χ4v) is 1.04. The summed E-state index contributed by atoms with van der Waals surface area (Å²) in [4.78, 5) is 10.4. The van der Waals surface area contributed by atoms with E-state index in [1.165, 1.54) is 0 Å². The van der Waals surface area contributed by atoms with Crippen molar-refractivity contribution >= 4 is 44.6 Å². The van der Waals surface area contributed by atoms with Crippen LogP contribution in [-0.2, 0) is 4.79 Å². The predicted molar refractivity (Wildman–Crippen MR) is 38.5 cm³/mol. The summed E-state index contributed by atoms with van der Waals surface area (Å²) in [5.41, 5.74) is 0. The van der Waals surface area contributed by atoms with Gasteiger partial charge in [0.25, 0.3) is 0 Å². The minimum Gasteiger partial charge on any atom is -0.296 e. The van der Waals surface area contributed by atoms with Crippen molar-refractivity contribution in [1.29, 1.82) is 0 Å². The molecule has 0 N–H and O–H groups in total. The Hall–Kier alpha value is 0.497. The number of halogens is 3. The van der Waals surface area contributed by atoms with Gasteiger partial charge < -0.3 is 0 Å². The molecular weight excluding hydrogens is 186 g/mol. The zero-order valence-electron chi connectivity index (χ0n) is 3.83. The molecule has 0 saturated heterocycles. The molecule has 0 bridgehead atoms. The van der Waals surface area contributed by atoms with Gasteiger partial charge in [-0.05, 0) is 6.08 Å². The van der Waals surface area contributed by atoms with Crippen LogP contribution in [0.5, 0.6) is 0 Å². The second kappa shape index (κ2) is 2.87. The van der Waals surface area contributed by atoms with E-state index in [-0.39, 0.29) is 0 Å². The molecule has 0 fully saturated rings. The van der Waals surface area contributed by atoms with E-state index < -0.39 is 11.4 Å². The Bertz CT molecular complexity index is 116. The van der Waals surface area contributed by atoms with Crippen LogP contribution >= 0.6 is 33.2 Å². The van der Waals surface area contributed by atoms with Gasteiger partial charge in [-0.15, -0.1) is 33.2 Å². The summed E-state index contributed by atoms with van der Waals surface area (Å²) in [6.07, 6.45) is 1.03. The normalized spacial score (nSPS) is 10.9. The molecule has 0 aliphatic heterocycles. The van der Waals surface area contributed by atoms with Crippen molar-refractivity contribution < 1.29 is 4.79 Å². The molecule has 0 heterocycles. The summed E-state index contributed by atoms with van der Waals surface area (Å²) in [5, 5.41) is -0.470. The van der Waals surface area contributed by atoms with Crippen molar-refractivity contribution in [2.75, 3.05) is 0 Å². The monoisotopic (exact) mass is 188 g/mol. The number of carbonyl (C=O) groups excluding carboxylic acids is 1. The molecule has 0 spiro atoms. The fourth-order valence-electron chi connectivity index (χ4n) is 0.116. The van der Waals surface area contributed by atoms with Crippen molar-refractivity contribution in [1.82, 2.24) is 0 Å². The third-order valence-electron chi connectivity index (χ3n) is 0.465. The Balaban J connectivity index is 4.02. The minimum absolute atomic E-state index is 0.470. The number of hydrogen-bond donors (Lipinski definition) is 0. The zero-order valence-corrected chi connectivity index (χ0v) is 7.09. The summed E-state index contributed by atoms with van der Waals surface area (Å²) in [6.45, 7) is 3.16. The third kappa shape index (κ3) is 2.72. The first-order valence-electron chi connectivity index (χ1n) is 1.72. The molecule has 0 saturated carbocycles. The molecule has 46 valence electrons. The molecule has 0 aliphatic rings. The average molecular weight is 190 g/mol. The van der Waals surface area contributed by atoms with Gasteiger partial charge in [0.05, 0.1) is 0 Å². The van der Waals surface area contributed by atoms with Gasteiger partial charge in [-0.25, -0.2) is 0 Å². The molecule has 0 aromatic heterocycles. The lowest BCUT2D eigenvalue weighted by molar-refractivity contribution is -0.108. The van der Waals surface area contributed by atoms with E-state index in [1.54, 1.807) is 0 Å². The van der Waals surface area contributed by atoms with Crippen LogP contribution < -0.4 is 0 Å². The van der Waals surface area contributed by atoms with Crippen molar-refractivity contribution in [2.45, 2.75) is 0 Å². The van der Waals surface area contributed by atoms with Gasteiger partial charge in [0, 0.05) is 0 Å². The summed E-state index contributed by atoms with van der Waals surface area (Å²) in [6, 6.07) is -3.10. The Morgan fingerprint density at radius 1 is 1.50 bits per heavy atom. The van der Waals surface area contributed by atoms with Crippen LogP contribution in [0.3, 0.4) is 0 Å². The van der Waals surface area contributed by atoms with E-state index in [9.17, 15) is 4.79 Å². The highest BCUT2D eigenvalue weighted by Crippen LogP contribution is 2.20. The maximum absolute atomic E-state index is 10.4. The van der Waals surface area contributed by atoms with Gasteiger partial charge in [0.2, 0.25) is 0 Å². The van der Waals surface area contributed by atoms with Crippen LogP contribution in [0.15, 0.2) is 12.7 Å². The third-order valence-corrected chi connectivity index (χ3v) is 2.90. The molecular formula is C3H3Cl3OSi. The molecule has 0 rings (SSSR count). The quantitative estimate of drug-likeness (QED) is 0.369. The Kier molecular flexibility index (Phi) is 3.05. The summed E-state index contributed by atoms with van der Waals surface area (Å²) in [5.74, 6) is 0. The number of rotatable bonds is 2. The molecule has 0 unspecified atom stereocenters. The molecule has 0 aromatic rings. The summed E-state index contributed by atoms with van der Waals surface area (Å²) >= 11 is 15.7. The van der Waals surface area contributed by atoms with Crippen molar-refractivity contribution in [3.05, 3.63) is 12.7 Å². The van der Waals surface area contributed by atoms with Crippen molar-refractivity contribution in [3.8, 4) is 0 Å². The standard InChI is InChI=1S/C3H3Cl3OSi/c1-2-3(7)8(4,5)6/h2H,1H2. The largest absolute Gasteiger partial charge is 0.415 e. The first-order valence-corrected chi connectivity index (χ1v) is 6.75. The van der Waals surface area contributed by atoms with Gasteiger partial charge in [-0.3, -0.25) is 4.79 Å². The lowest BCUT2D eigenvalue weighted by atomic mass is 10.7. The molecule has 0 aliphatic carbocycles. The average Bonchev–Trinajstić information content (AvgIpc) is 1.62. The second-order valence-corrected chi connectivity index (χ2v) is 9.40. The number of carbonyl (C=O) groups is 1. The van der Waals surface area contributed by atoms with Gasteiger partial charge in [0.1, 0.15) is 0 Å². The van der Waals surface area contributed by atoms with Gasteiger partial charge in [0.15, 0.2) is 5.41 Å². The molecule has 8 heavy (non-hydrogen) atoms. The van der Waals surface area contributed by atoms with Crippen LogP contribution in [-0.4, -0.2) is 11.4 Å². The minimum atomic E-state index is -3.10. The Labute approximate surface area is 62.3 Å². The molecule has 0 radical (unpaired) electrons. The Morgan fingerprint density at radius 3 is 1.88 bits per heavy atom. The zero-order chi connectivity index (χ0) is 6.78. The fraction of sp³-hybridized carbons (Fsp3) is 0. The van der Waals surface area contributed by atoms with E-state index in [4.69, 9.17) is 33.2 Å². The Morgan fingerprint density at radius 2 is 1.88 bits per heavy atom. The van der Waals surface area contributed by atoms with E-state index >= 15 is 0 Å². The first-order chi connectivity index (χ1) is 3.48. The highest BCUT2D eigenvalue weighted by Gasteiger charge is 2.32. The van der Waals surface area contributed by atoms with Crippen LogP contribution in [0.4, 0.5) is 0 Å². The van der Waals surface area contributed by atoms with Crippen LogP contribution in [0.25, 0.3) is 0 Å². The molecule has 0 atom stereocenters. The highest BCUT2D eigenvalue weighted by molar-refractivity contribution is 7.75. The number of allylic oxidation sites excluding steroid dienone is 1. The van der Waals surface area contributed by atoms with E-state index in [2.05, 4.69) is 6.58 Å². The van der Waals surface area contributed by atoms with Crippen molar-refractivity contribution in [2.24, 2.45) is 0 Å². The van der Waals surface area contributed by atoms with Crippen molar-refractivity contribution in [3.63, 3.8) is 0 Å². The maximum Gasteiger partial charge on any atom is 0.415 e. The molecule has 0 amide bonds. The van der Waals surface area contributed by atoms with Gasteiger partial charge in [-0.2, -0.15) is 0 Å². The van der Waals surface area contributed by atoms with Crippen LogP contribution in [0.2, 0.25) is 0 Å². The van der Waals surface area contributed by atoms with E-state index in [0.717, 1.165) is 6.08 Å². The number of hydrogen-bond acceptors (Lipinski definition) is 1. The summed E-state index contributed by atoms with van der Waals surface area (Å²) < 4.78 is 0. The van der Waals surface area contributed by atoms with Crippen LogP contribution in [0.1, 0.15) is 0 Å². The van der Waals surface area contributed by atoms with E-state index in [1.807, 2.05) is 0 Å². The maximum atomic E-state index is 10.4. The molecule has 5 heteroatoms. The predicted octanol–water partition coefficient (Wildman–Crippen LogP) is 1.94. The van der Waals surface area contributed by atoms with E-state index in [0.29, 0.717) is 0 Å². The lowest BCUT2D eigenvalue weighted by Gasteiger charge is -1.98.